The molecular weight excluding hydrogens is 196 g/mol. The van der Waals surface area contributed by atoms with Gasteiger partial charge in [0.2, 0.25) is 0 Å². The van der Waals surface area contributed by atoms with E-state index in [9.17, 15) is 9.59 Å². The highest BCUT2D eigenvalue weighted by Crippen LogP contribution is 2.24. The van der Waals surface area contributed by atoms with Crippen LogP contribution in [-0.2, 0) is 9.59 Å². The zero-order valence-electron chi connectivity index (χ0n) is 9.41. The highest BCUT2D eigenvalue weighted by Gasteiger charge is 2.40. The van der Waals surface area contributed by atoms with Gasteiger partial charge in [-0.05, 0) is 33.1 Å². The minimum Gasteiger partial charge on any atom is -0.480 e. The predicted molar refractivity (Wildman–Crippen MR) is 56.7 cm³/mol. The van der Waals surface area contributed by atoms with Crippen molar-refractivity contribution in [1.82, 2.24) is 0 Å². The average Bonchev–Trinajstić information content (AvgIpc) is 2.16. The fourth-order valence-corrected chi connectivity index (χ4v) is 1.06. The van der Waals surface area contributed by atoms with Gasteiger partial charge >= 0.3 is 11.9 Å². The van der Waals surface area contributed by atoms with Crippen LogP contribution in [0.4, 0.5) is 0 Å². The monoisotopic (exact) mass is 214 g/mol. The Hall–Kier alpha value is -1.32. The molecule has 0 spiro atoms. The van der Waals surface area contributed by atoms with Crippen molar-refractivity contribution in [3.05, 3.63) is 11.6 Å². The van der Waals surface area contributed by atoms with E-state index in [-0.39, 0.29) is 6.42 Å². The van der Waals surface area contributed by atoms with Crippen LogP contribution in [0, 0.1) is 5.41 Å². The maximum absolute atomic E-state index is 10.8. The molecular formula is C11H18O4. The van der Waals surface area contributed by atoms with Crippen molar-refractivity contribution in [3.63, 3.8) is 0 Å². The molecule has 0 saturated heterocycles. The van der Waals surface area contributed by atoms with Gasteiger partial charge in [-0.15, -0.1) is 0 Å². The fraction of sp³-hybridized carbons (Fsp3) is 0.636. The first-order valence-corrected chi connectivity index (χ1v) is 4.97. The van der Waals surface area contributed by atoms with E-state index in [1.807, 2.05) is 19.9 Å². The van der Waals surface area contributed by atoms with E-state index < -0.39 is 17.4 Å². The normalized spacial score (nSPS) is 12.6. The quantitative estimate of drug-likeness (QED) is 0.525. The molecule has 0 amide bonds. The van der Waals surface area contributed by atoms with Gasteiger partial charge in [-0.2, -0.15) is 0 Å². The van der Waals surface area contributed by atoms with Crippen molar-refractivity contribution >= 4 is 11.9 Å². The molecule has 0 aliphatic rings. The molecule has 15 heavy (non-hydrogen) atoms. The second kappa shape index (κ2) is 5.53. The lowest BCUT2D eigenvalue weighted by molar-refractivity contribution is -0.163. The van der Waals surface area contributed by atoms with E-state index in [4.69, 9.17) is 10.2 Å². The van der Waals surface area contributed by atoms with Crippen LogP contribution in [0.25, 0.3) is 0 Å². The summed E-state index contributed by atoms with van der Waals surface area (Å²) >= 11 is 0. The fourth-order valence-electron chi connectivity index (χ4n) is 1.06. The largest absolute Gasteiger partial charge is 0.480 e. The highest BCUT2D eigenvalue weighted by molar-refractivity contribution is 5.97. The molecule has 0 fully saturated rings. The molecule has 0 aromatic rings. The van der Waals surface area contributed by atoms with E-state index in [0.29, 0.717) is 6.42 Å². The van der Waals surface area contributed by atoms with Crippen molar-refractivity contribution in [2.45, 2.75) is 40.0 Å². The highest BCUT2D eigenvalue weighted by atomic mass is 16.4. The number of hydrogen-bond acceptors (Lipinski definition) is 2. The van der Waals surface area contributed by atoms with E-state index in [1.165, 1.54) is 6.92 Å². The van der Waals surface area contributed by atoms with Crippen molar-refractivity contribution in [3.8, 4) is 0 Å². The number of carboxylic acids is 2. The second-order valence-corrected chi connectivity index (χ2v) is 3.89. The van der Waals surface area contributed by atoms with E-state index in [2.05, 4.69) is 0 Å². The summed E-state index contributed by atoms with van der Waals surface area (Å²) in [4.78, 5) is 21.6. The van der Waals surface area contributed by atoms with Gasteiger partial charge in [0.05, 0.1) is 0 Å². The molecule has 0 radical (unpaired) electrons. The molecule has 0 heterocycles. The third-order valence-electron chi connectivity index (χ3n) is 2.64. The Balaban J connectivity index is 4.47. The number of allylic oxidation sites excluding steroid dienone is 2. The summed E-state index contributed by atoms with van der Waals surface area (Å²) in [6.45, 7) is 5.19. The topological polar surface area (TPSA) is 74.6 Å². The summed E-state index contributed by atoms with van der Waals surface area (Å²) in [6.07, 6.45) is 3.39. The third kappa shape index (κ3) is 3.73. The van der Waals surface area contributed by atoms with Crippen LogP contribution in [0.3, 0.4) is 0 Å². The minimum absolute atomic E-state index is 0.120. The van der Waals surface area contributed by atoms with Crippen molar-refractivity contribution in [2.24, 2.45) is 5.41 Å². The van der Waals surface area contributed by atoms with Gasteiger partial charge in [-0.3, -0.25) is 9.59 Å². The van der Waals surface area contributed by atoms with E-state index >= 15 is 0 Å². The third-order valence-corrected chi connectivity index (χ3v) is 2.64. The summed E-state index contributed by atoms with van der Waals surface area (Å²) < 4.78 is 0. The average molecular weight is 214 g/mol. The first-order valence-electron chi connectivity index (χ1n) is 4.97. The number of carboxylic acid groups (broad SMARTS) is 2. The molecule has 0 atom stereocenters. The molecule has 0 aromatic carbocycles. The molecule has 0 rings (SSSR count). The molecule has 4 heteroatoms. The maximum Gasteiger partial charge on any atom is 0.320 e. The zero-order chi connectivity index (χ0) is 12.1. The lowest BCUT2D eigenvalue weighted by Gasteiger charge is -2.18. The van der Waals surface area contributed by atoms with Gasteiger partial charge < -0.3 is 10.2 Å². The van der Waals surface area contributed by atoms with Gasteiger partial charge in [0, 0.05) is 0 Å². The lowest BCUT2D eigenvalue weighted by atomic mass is 9.85. The Kier molecular flexibility index (Phi) is 5.05. The van der Waals surface area contributed by atoms with Crippen LogP contribution >= 0.6 is 0 Å². The van der Waals surface area contributed by atoms with Gasteiger partial charge in [0.25, 0.3) is 0 Å². The van der Waals surface area contributed by atoms with Crippen LogP contribution in [-0.4, -0.2) is 22.2 Å². The Morgan fingerprint density at radius 1 is 1.27 bits per heavy atom. The number of aliphatic carboxylic acids is 2. The summed E-state index contributed by atoms with van der Waals surface area (Å²) in [7, 11) is 0. The Bertz CT molecular complexity index is 264. The Morgan fingerprint density at radius 2 is 1.73 bits per heavy atom. The molecule has 0 aromatic heterocycles. The summed E-state index contributed by atoms with van der Waals surface area (Å²) in [5, 5.41) is 17.6. The van der Waals surface area contributed by atoms with Crippen LogP contribution in [0.15, 0.2) is 11.6 Å². The second-order valence-electron chi connectivity index (χ2n) is 3.89. The smallest absolute Gasteiger partial charge is 0.320 e. The number of hydrogen-bond donors (Lipinski definition) is 2. The van der Waals surface area contributed by atoms with Crippen LogP contribution in [0.5, 0.6) is 0 Å². The number of carbonyl (C=O) groups is 2. The van der Waals surface area contributed by atoms with Crippen molar-refractivity contribution in [1.29, 1.82) is 0 Å². The number of rotatable bonds is 6. The summed E-state index contributed by atoms with van der Waals surface area (Å²) in [6, 6.07) is 0. The molecule has 0 unspecified atom stereocenters. The first kappa shape index (κ1) is 13.7. The summed E-state index contributed by atoms with van der Waals surface area (Å²) in [5.41, 5.74) is -0.530. The van der Waals surface area contributed by atoms with Gasteiger partial charge in [-0.1, -0.05) is 18.6 Å². The van der Waals surface area contributed by atoms with Crippen LogP contribution < -0.4 is 0 Å². The molecule has 4 nitrogen and oxygen atoms in total. The van der Waals surface area contributed by atoms with E-state index in [1.54, 1.807) is 0 Å². The predicted octanol–water partition coefficient (Wildman–Crippen LogP) is 2.30. The zero-order valence-corrected chi connectivity index (χ0v) is 9.41. The Morgan fingerprint density at radius 3 is 2.07 bits per heavy atom. The van der Waals surface area contributed by atoms with Crippen LogP contribution in [0.1, 0.15) is 40.0 Å². The van der Waals surface area contributed by atoms with E-state index in [0.717, 1.165) is 12.0 Å². The maximum atomic E-state index is 10.8. The molecule has 0 aliphatic heterocycles. The molecule has 0 bridgehead atoms. The lowest BCUT2D eigenvalue weighted by Crippen LogP contribution is -2.36. The van der Waals surface area contributed by atoms with Crippen molar-refractivity contribution in [2.75, 3.05) is 0 Å². The van der Waals surface area contributed by atoms with Gasteiger partial charge in [0.15, 0.2) is 5.41 Å². The minimum atomic E-state index is -1.68. The molecule has 2 N–H and O–H groups in total. The van der Waals surface area contributed by atoms with Crippen molar-refractivity contribution < 1.29 is 19.8 Å². The van der Waals surface area contributed by atoms with Gasteiger partial charge in [0.1, 0.15) is 0 Å². The molecule has 0 saturated carbocycles. The van der Waals surface area contributed by atoms with Gasteiger partial charge in [-0.25, -0.2) is 0 Å². The standard InChI is InChI=1S/C11H18O4/c1-4-8(2)6-5-7-11(3,9(12)13)10(14)15/h6H,4-5,7H2,1-3H3,(H,12,13)(H,14,15)/b8-6+. The SMILES string of the molecule is CC/C(C)=C/CCC(C)(C(=O)O)C(=O)O. The molecule has 86 valence electrons. The first-order chi connectivity index (χ1) is 6.84. The molecule has 0 aliphatic carbocycles. The summed E-state index contributed by atoms with van der Waals surface area (Å²) in [5.74, 6) is -2.56. The Labute approximate surface area is 89.6 Å². The van der Waals surface area contributed by atoms with Crippen LogP contribution in [0.2, 0.25) is 0 Å².